The number of hydrogen-bond acceptors (Lipinski definition) is 5. The molecule has 1 aliphatic carbocycles. The van der Waals surface area contributed by atoms with Crippen LogP contribution in [0, 0.1) is 5.92 Å². The van der Waals surface area contributed by atoms with Gasteiger partial charge < -0.3 is 20.1 Å². The molecule has 2 amide bonds. The fourth-order valence-corrected chi connectivity index (χ4v) is 4.01. The number of methoxy groups -OCH3 is 1. The number of fused-ring (bicyclic) bond motifs is 3. The molecule has 0 fully saturated rings. The molecule has 2 atom stereocenters. The largest absolute Gasteiger partial charge is 0.467 e. The van der Waals surface area contributed by atoms with Crippen LogP contribution in [-0.2, 0) is 19.1 Å². The summed E-state index contributed by atoms with van der Waals surface area (Å²) in [6.07, 6.45) is -0.246. The fourth-order valence-electron chi connectivity index (χ4n) is 4.01. The topological polar surface area (TPSA) is 93.7 Å². The molecule has 0 aliphatic heterocycles. The zero-order valence-electron chi connectivity index (χ0n) is 19.3. The van der Waals surface area contributed by atoms with Gasteiger partial charge in [0.2, 0.25) is 5.91 Å². The van der Waals surface area contributed by atoms with E-state index in [0.29, 0.717) is 6.42 Å². The number of alkyl carbamates (subject to hydrolysis) is 1. The van der Waals surface area contributed by atoms with Gasteiger partial charge in [0.05, 0.1) is 7.11 Å². The molecule has 0 aromatic heterocycles. The third kappa shape index (κ3) is 6.26. The molecular formula is C25H31ClN2O5. The van der Waals surface area contributed by atoms with Crippen LogP contribution in [0.4, 0.5) is 4.79 Å². The number of halogens is 1. The highest BCUT2D eigenvalue weighted by atomic mass is 35.5. The zero-order chi connectivity index (χ0) is 23.3. The number of ether oxygens (including phenoxy) is 2. The highest BCUT2D eigenvalue weighted by Crippen LogP contribution is 2.44. The molecule has 2 aromatic rings. The van der Waals surface area contributed by atoms with Crippen molar-refractivity contribution in [3.8, 4) is 11.1 Å². The van der Waals surface area contributed by atoms with E-state index in [-0.39, 0.29) is 30.8 Å². The third-order valence-corrected chi connectivity index (χ3v) is 5.58. The van der Waals surface area contributed by atoms with Crippen LogP contribution in [0.5, 0.6) is 0 Å². The number of hydrogen-bond donors (Lipinski definition) is 2. The van der Waals surface area contributed by atoms with Crippen molar-refractivity contribution in [1.82, 2.24) is 10.6 Å². The summed E-state index contributed by atoms with van der Waals surface area (Å²) >= 11 is 0. The van der Waals surface area contributed by atoms with Crippen molar-refractivity contribution < 1.29 is 23.9 Å². The van der Waals surface area contributed by atoms with E-state index < -0.39 is 30.1 Å². The zero-order valence-corrected chi connectivity index (χ0v) is 20.1. The van der Waals surface area contributed by atoms with E-state index in [4.69, 9.17) is 9.47 Å². The maximum Gasteiger partial charge on any atom is 0.407 e. The first-order valence-corrected chi connectivity index (χ1v) is 10.8. The van der Waals surface area contributed by atoms with E-state index in [1.807, 2.05) is 50.2 Å². The second-order valence-electron chi connectivity index (χ2n) is 8.41. The minimum Gasteiger partial charge on any atom is -0.467 e. The van der Waals surface area contributed by atoms with E-state index in [1.165, 1.54) is 7.11 Å². The van der Waals surface area contributed by atoms with Gasteiger partial charge in [0.15, 0.2) is 0 Å². The van der Waals surface area contributed by atoms with E-state index in [2.05, 4.69) is 22.8 Å². The van der Waals surface area contributed by atoms with Crippen molar-refractivity contribution >= 4 is 30.4 Å². The molecule has 2 aromatic carbocycles. The molecule has 0 saturated heterocycles. The van der Waals surface area contributed by atoms with Gasteiger partial charge in [0.25, 0.3) is 0 Å². The van der Waals surface area contributed by atoms with E-state index in [1.54, 1.807) is 6.92 Å². The minimum atomic E-state index is -0.870. The Bertz CT molecular complexity index is 949. The molecule has 0 radical (unpaired) electrons. The molecule has 2 N–H and O–H groups in total. The smallest absolute Gasteiger partial charge is 0.407 e. The van der Waals surface area contributed by atoms with Crippen LogP contribution >= 0.6 is 12.4 Å². The van der Waals surface area contributed by atoms with Crippen molar-refractivity contribution in [3.63, 3.8) is 0 Å². The quantitative estimate of drug-likeness (QED) is 0.563. The predicted molar refractivity (Wildman–Crippen MR) is 128 cm³/mol. The molecule has 33 heavy (non-hydrogen) atoms. The molecule has 0 heterocycles. The average molecular weight is 475 g/mol. The number of esters is 1. The monoisotopic (exact) mass is 474 g/mol. The predicted octanol–water partition coefficient (Wildman–Crippen LogP) is 4.04. The van der Waals surface area contributed by atoms with Gasteiger partial charge in [0.1, 0.15) is 18.7 Å². The second kappa shape index (κ2) is 11.7. The molecule has 0 bridgehead atoms. The number of nitrogens with one attached hydrogen (secondary N) is 2. The summed E-state index contributed by atoms with van der Waals surface area (Å²) in [5.41, 5.74) is 4.51. The van der Waals surface area contributed by atoms with Crippen LogP contribution in [0.2, 0.25) is 0 Å². The van der Waals surface area contributed by atoms with Crippen LogP contribution in [0.15, 0.2) is 48.5 Å². The standard InChI is InChI=1S/C25H30N2O5.ClH/c1-15(2)13-22(24(29)31-4)27-23(28)16(3)26-25(30)32-14-21-19-11-7-5-9-17(19)18-10-6-8-12-20(18)21;/h5-12,15-16,21-22H,13-14H2,1-4H3,(H,26,30)(H,27,28);1H/t16-,22+;/m1./s1. The Labute approximate surface area is 200 Å². The van der Waals surface area contributed by atoms with E-state index >= 15 is 0 Å². The Kier molecular flexibility index (Phi) is 9.29. The average Bonchev–Trinajstić information content (AvgIpc) is 3.10. The van der Waals surface area contributed by atoms with Crippen LogP contribution < -0.4 is 10.6 Å². The summed E-state index contributed by atoms with van der Waals surface area (Å²) in [7, 11) is 1.28. The fraction of sp³-hybridized carbons (Fsp3) is 0.400. The minimum absolute atomic E-state index is 0. The van der Waals surface area contributed by atoms with Gasteiger partial charge in [-0.1, -0.05) is 62.4 Å². The van der Waals surface area contributed by atoms with Gasteiger partial charge >= 0.3 is 12.1 Å². The number of carbonyl (C=O) groups is 3. The van der Waals surface area contributed by atoms with Gasteiger partial charge in [-0.2, -0.15) is 0 Å². The Morgan fingerprint density at radius 1 is 0.909 bits per heavy atom. The summed E-state index contributed by atoms with van der Waals surface area (Å²) < 4.78 is 10.2. The van der Waals surface area contributed by atoms with Crippen LogP contribution in [0.3, 0.4) is 0 Å². The van der Waals surface area contributed by atoms with E-state index in [0.717, 1.165) is 22.3 Å². The summed E-state index contributed by atoms with van der Waals surface area (Å²) in [5.74, 6) is -0.869. The number of rotatable bonds is 8. The third-order valence-electron chi connectivity index (χ3n) is 5.58. The second-order valence-corrected chi connectivity index (χ2v) is 8.41. The van der Waals surface area contributed by atoms with Crippen molar-refractivity contribution in [2.75, 3.05) is 13.7 Å². The normalized spacial score (nSPS) is 13.7. The maximum absolute atomic E-state index is 12.5. The molecule has 7 nitrogen and oxygen atoms in total. The van der Waals surface area contributed by atoms with Crippen LogP contribution in [0.1, 0.15) is 44.2 Å². The molecular weight excluding hydrogens is 444 g/mol. The van der Waals surface area contributed by atoms with Crippen molar-refractivity contribution in [2.45, 2.75) is 45.2 Å². The lowest BCUT2D eigenvalue weighted by molar-refractivity contribution is -0.145. The lowest BCUT2D eigenvalue weighted by Crippen LogP contribution is -2.51. The Morgan fingerprint density at radius 3 is 1.97 bits per heavy atom. The van der Waals surface area contributed by atoms with Crippen molar-refractivity contribution in [1.29, 1.82) is 0 Å². The lowest BCUT2D eigenvalue weighted by Gasteiger charge is -2.21. The van der Waals surface area contributed by atoms with Crippen molar-refractivity contribution in [2.24, 2.45) is 5.92 Å². The highest BCUT2D eigenvalue weighted by molar-refractivity contribution is 5.89. The molecule has 3 rings (SSSR count). The van der Waals surface area contributed by atoms with Crippen molar-refractivity contribution in [3.05, 3.63) is 59.7 Å². The molecule has 178 valence electrons. The van der Waals surface area contributed by atoms with Gasteiger partial charge in [-0.3, -0.25) is 4.79 Å². The van der Waals surface area contributed by atoms with Gasteiger partial charge in [-0.25, -0.2) is 9.59 Å². The number of amides is 2. The Balaban J connectivity index is 0.00000385. The molecule has 8 heteroatoms. The SMILES string of the molecule is COC(=O)[C@H](CC(C)C)NC(=O)[C@@H](C)NC(=O)OCC1c2ccccc2-c2ccccc21.Cl. The highest BCUT2D eigenvalue weighted by Gasteiger charge is 2.30. The summed E-state index contributed by atoms with van der Waals surface area (Å²) in [6, 6.07) is 14.5. The van der Waals surface area contributed by atoms with Crippen LogP contribution in [-0.4, -0.2) is 43.8 Å². The van der Waals surface area contributed by atoms with Crippen LogP contribution in [0.25, 0.3) is 11.1 Å². The number of benzene rings is 2. The Morgan fingerprint density at radius 2 is 1.45 bits per heavy atom. The maximum atomic E-state index is 12.5. The molecule has 1 aliphatic rings. The first kappa shape index (κ1) is 26.2. The summed E-state index contributed by atoms with van der Waals surface area (Å²) in [5, 5.41) is 5.19. The molecule has 0 spiro atoms. The first-order chi connectivity index (χ1) is 15.3. The summed E-state index contributed by atoms with van der Waals surface area (Å²) in [6.45, 7) is 5.59. The Hall–Kier alpha value is -3.06. The van der Waals surface area contributed by atoms with E-state index in [9.17, 15) is 14.4 Å². The van der Waals surface area contributed by atoms with Gasteiger partial charge in [-0.05, 0) is 41.5 Å². The van der Waals surface area contributed by atoms with Gasteiger partial charge in [-0.15, -0.1) is 12.4 Å². The van der Waals surface area contributed by atoms with Gasteiger partial charge in [0, 0.05) is 5.92 Å². The first-order valence-electron chi connectivity index (χ1n) is 10.8. The lowest BCUT2D eigenvalue weighted by atomic mass is 9.98. The molecule has 0 unspecified atom stereocenters. The summed E-state index contributed by atoms with van der Waals surface area (Å²) in [4.78, 5) is 36.8. The molecule has 0 saturated carbocycles. The number of carbonyl (C=O) groups excluding carboxylic acids is 3.